The Morgan fingerprint density at radius 2 is 2.27 bits per heavy atom. The first kappa shape index (κ1) is 12.0. The third-order valence-corrected chi connectivity index (χ3v) is 2.52. The van der Waals surface area contributed by atoms with Crippen LogP contribution in [-0.4, -0.2) is 35.7 Å². The lowest BCUT2D eigenvalue weighted by Crippen LogP contribution is -2.42. The van der Waals surface area contributed by atoms with Gasteiger partial charge in [0.25, 0.3) is 0 Å². The van der Waals surface area contributed by atoms with Crippen LogP contribution in [0.15, 0.2) is 0 Å². The van der Waals surface area contributed by atoms with Crippen LogP contribution in [0.25, 0.3) is 0 Å². The van der Waals surface area contributed by atoms with E-state index in [2.05, 4.69) is 5.32 Å². The van der Waals surface area contributed by atoms with Gasteiger partial charge in [0, 0.05) is 12.6 Å². The van der Waals surface area contributed by atoms with Gasteiger partial charge in [0.2, 0.25) is 5.91 Å². The van der Waals surface area contributed by atoms with Gasteiger partial charge in [-0.25, -0.2) is 0 Å². The van der Waals surface area contributed by atoms with Gasteiger partial charge in [-0.15, -0.1) is 0 Å². The highest BCUT2D eigenvalue weighted by atomic mass is 16.5. The number of carbonyl (C=O) groups excluding carboxylic acids is 1. The van der Waals surface area contributed by atoms with Crippen LogP contribution >= 0.6 is 0 Å². The van der Waals surface area contributed by atoms with Gasteiger partial charge >= 0.3 is 5.97 Å². The maximum absolute atomic E-state index is 11.6. The van der Waals surface area contributed by atoms with Crippen molar-refractivity contribution in [3.63, 3.8) is 0 Å². The monoisotopic (exact) mass is 215 g/mol. The minimum atomic E-state index is -0.914. The second-order valence-corrected chi connectivity index (χ2v) is 4.06. The predicted molar refractivity (Wildman–Crippen MR) is 53.4 cm³/mol. The van der Waals surface area contributed by atoms with E-state index in [4.69, 9.17) is 9.84 Å². The molecule has 1 rings (SSSR count). The molecule has 1 saturated heterocycles. The average Bonchev–Trinajstić information content (AvgIpc) is 2.49. The third-order valence-electron chi connectivity index (χ3n) is 2.52. The fourth-order valence-corrected chi connectivity index (χ4v) is 1.67. The molecule has 0 bridgehead atoms. The summed E-state index contributed by atoms with van der Waals surface area (Å²) in [7, 11) is 0. The summed E-state index contributed by atoms with van der Waals surface area (Å²) in [4.78, 5) is 22.0. The summed E-state index contributed by atoms with van der Waals surface area (Å²) in [6.45, 7) is 4.23. The van der Waals surface area contributed by atoms with E-state index in [1.165, 1.54) is 0 Å². The van der Waals surface area contributed by atoms with Crippen molar-refractivity contribution in [1.82, 2.24) is 5.32 Å². The number of nitrogens with one attached hydrogen (secondary N) is 1. The van der Waals surface area contributed by atoms with Crippen molar-refractivity contribution in [2.45, 2.75) is 38.8 Å². The van der Waals surface area contributed by atoms with Crippen molar-refractivity contribution in [1.29, 1.82) is 0 Å². The van der Waals surface area contributed by atoms with Gasteiger partial charge in [-0.1, -0.05) is 6.92 Å². The molecule has 5 heteroatoms. The van der Waals surface area contributed by atoms with E-state index in [-0.39, 0.29) is 24.3 Å². The van der Waals surface area contributed by atoms with E-state index in [0.717, 1.165) is 6.42 Å². The summed E-state index contributed by atoms with van der Waals surface area (Å²) >= 11 is 0. The van der Waals surface area contributed by atoms with Crippen molar-refractivity contribution < 1.29 is 19.4 Å². The van der Waals surface area contributed by atoms with E-state index in [0.29, 0.717) is 6.61 Å². The molecule has 1 amide bonds. The van der Waals surface area contributed by atoms with Crippen LogP contribution < -0.4 is 5.32 Å². The standard InChI is InChI=1S/C10H17NO4/c1-6-3-4-15-9(6)10(14)11-7(2)5-8(12)13/h6-7,9H,3-5H2,1-2H3,(H,11,14)(H,12,13). The predicted octanol–water partition coefficient (Wildman–Crippen LogP) is 0.391. The molecular formula is C10H17NO4. The summed E-state index contributed by atoms with van der Waals surface area (Å²) in [5.74, 6) is -0.904. The smallest absolute Gasteiger partial charge is 0.305 e. The summed E-state index contributed by atoms with van der Waals surface area (Å²) in [5.41, 5.74) is 0. The van der Waals surface area contributed by atoms with E-state index in [1.807, 2.05) is 6.92 Å². The van der Waals surface area contributed by atoms with E-state index in [1.54, 1.807) is 6.92 Å². The molecule has 86 valence electrons. The lowest BCUT2D eigenvalue weighted by atomic mass is 10.0. The summed E-state index contributed by atoms with van der Waals surface area (Å²) < 4.78 is 5.27. The summed E-state index contributed by atoms with van der Waals surface area (Å²) in [5, 5.41) is 11.2. The van der Waals surface area contributed by atoms with Crippen molar-refractivity contribution in [2.75, 3.05) is 6.61 Å². The van der Waals surface area contributed by atoms with Crippen molar-refractivity contribution >= 4 is 11.9 Å². The number of carboxylic acid groups (broad SMARTS) is 1. The van der Waals surface area contributed by atoms with Gasteiger partial charge in [0.15, 0.2) is 0 Å². The Kier molecular flexibility index (Phi) is 4.08. The Morgan fingerprint density at radius 1 is 1.60 bits per heavy atom. The molecule has 1 fully saturated rings. The van der Waals surface area contributed by atoms with E-state index < -0.39 is 12.1 Å². The van der Waals surface area contributed by atoms with Crippen LogP contribution in [0, 0.1) is 5.92 Å². The first-order valence-corrected chi connectivity index (χ1v) is 5.14. The molecule has 0 radical (unpaired) electrons. The third kappa shape index (κ3) is 3.51. The highest BCUT2D eigenvalue weighted by Crippen LogP contribution is 2.20. The SMILES string of the molecule is CC(CC(=O)O)NC(=O)C1OCCC1C. The normalized spacial score (nSPS) is 27.3. The molecule has 1 aliphatic rings. The van der Waals surface area contributed by atoms with Gasteiger partial charge in [-0.3, -0.25) is 9.59 Å². The zero-order valence-corrected chi connectivity index (χ0v) is 9.03. The van der Waals surface area contributed by atoms with E-state index >= 15 is 0 Å². The number of carboxylic acids is 1. The Labute approximate surface area is 88.8 Å². The molecule has 3 atom stereocenters. The number of carbonyl (C=O) groups is 2. The van der Waals surface area contributed by atoms with Crippen molar-refractivity contribution in [3.05, 3.63) is 0 Å². The molecule has 0 aromatic rings. The molecule has 1 heterocycles. The fraction of sp³-hybridized carbons (Fsp3) is 0.800. The van der Waals surface area contributed by atoms with Gasteiger partial charge in [-0.2, -0.15) is 0 Å². The van der Waals surface area contributed by atoms with Crippen LogP contribution in [0.3, 0.4) is 0 Å². The Morgan fingerprint density at radius 3 is 2.73 bits per heavy atom. The van der Waals surface area contributed by atoms with Gasteiger partial charge < -0.3 is 15.2 Å². The highest BCUT2D eigenvalue weighted by molar-refractivity contribution is 5.82. The number of ether oxygens (including phenoxy) is 1. The number of hydrogen-bond acceptors (Lipinski definition) is 3. The molecule has 5 nitrogen and oxygen atoms in total. The first-order valence-electron chi connectivity index (χ1n) is 5.14. The lowest BCUT2D eigenvalue weighted by Gasteiger charge is -2.17. The van der Waals surface area contributed by atoms with Crippen LogP contribution in [0.2, 0.25) is 0 Å². The molecule has 0 saturated carbocycles. The number of rotatable bonds is 4. The maximum Gasteiger partial charge on any atom is 0.305 e. The minimum Gasteiger partial charge on any atom is -0.481 e. The van der Waals surface area contributed by atoms with Crippen LogP contribution in [0.5, 0.6) is 0 Å². The quantitative estimate of drug-likeness (QED) is 0.711. The highest BCUT2D eigenvalue weighted by Gasteiger charge is 2.31. The molecule has 3 unspecified atom stereocenters. The Balaban J connectivity index is 2.37. The number of hydrogen-bond donors (Lipinski definition) is 2. The molecule has 15 heavy (non-hydrogen) atoms. The molecule has 2 N–H and O–H groups in total. The second kappa shape index (κ2) is 5.11. The molecule has 0 aromatic heterocycles. The van der Waals surface area contributed by atoms with Crippen LogP contribution in [-0.2, 0) is 14.3 Å². The molecule has 0 spiro atoms. The largest absolute Gasteiger partial charge is 0.481 e. The van der Waals surface area contributed by atoms with Crippen LogP contribution in [0.1, 0.15) is 26.7 Å². The van der Waals surface area contributed by atoms with Crippen molar-refractivity contribution in [2.24, 2.45) is 5.92 Å². The first-order chi connectivity index (χ1) is 7.00. The molecule has 0 aromatic carbocycles. The summed E-state index contributed by atoms with van der Waals surface area (Å²) in [6.07, 6.45) is 0.402. The zero-order valence-electron chi connectivity index (χ0n) is 9.03. The topological polar surface area (TPSA) is 75.6 Å². The Bertz CT molecular complexity index is 254. The van der Waals surface area contributed by atoms with Gasteiger partial charge in [0.05, 0.1) is 6.42 Å². The summed E-state index contributed by atoms with van der Waals surface area (Å²) in [6, 6.07) is -0.355. The lowest BCUT2D eigenvalue weighted by molar-refractivity contribution is -0.138. The molecule has 0 aliphatic carbocycles. The van der Waals surface area contributed by atoms with Gasteiger partial charge in [-0.05, 0) is 19.3 Å². The van der Waals surface area contributed by atoms with Crippen LogP contribution in [0.4, 0.5) is 0 Å². The molecule has 1 aliphatic heterocycles. The molecular weight excluding hydrogens is 198 g/mol. The second-order valence-electron chi connectivity index (χ2n) is 4.06. The van der Waals surface area contributed by atoms with E-state index in [9.17, 15) is 9.59 Å². The zero-order chi connectivity index (χ0) is 11.4. The van der Waals surface area contributed by atoms with Crippen molar-refractivity contribution in [3.8, 4) is 0 Å². The number of amides is 1. The Hall–Kier alpha value is -1.10. The number of aliphatic carboxylic acids is 1. The van der Waals surface area contributed by atoms with Gasteiger partial charge in [0.1, 0.15) is 6.10 Å². The fourth-order valence-electron chi connectivity index (χ4n) is 1.67. The average molecular weight is 215 g/mol. The maximum atomic E-state index is 11.6. The minimum absolute atomic E-state index is 0.0627.